The maximum Gasteiger partial charge on any atom is 0.250 e. The van der Waals surface area contributed by atoms with Gasteiger partial charge in [0.25, 0.3) is 5.91 Å². The molecule has 0 aliphatic carbocycles. The van der Waals surface area contributed by atoms with E-state index >= 15 is 0 Å². The summed E-state index contributed by atoms with van der Waals surface area (Å²) in [4.78, 5) is 28.9. The number of anilines is 1. The summed E-state index contributed by atoms with van der Waals surface area (Å²) in [6.45, 7) is 5.97. The molecule has 28 heavy (non-hydrogen) atoms. The van der Waals surface area contributed by atoms with Crippen molar-refractivity contribution in [3.63, 3.8) is 0 Å². The largest absolute Gasteiger partial charge is 0.366 e. The molecule has 1 aliphatic rings. The molecule has 4 N–H and O–H groups in total. The maximum absolute atomic E-state index is 13.0. The fourth-order valence-electron chi connectivity index (χ4n) is 3.87. The lowest BCUT2D eigenvalue weighted by atomic mass is 9.91. The number of imidazole rings is 1. The highest BCUT2D eigenvalue weighted by Crippen LogP contribution is 2.32. The summed E-state index contributed by atoms with van der Waals surface area (Å²) in [5.41, 5.74) is 11.5. The molecular formula is C20H28N6O2. The van der Waals surface area contributed by atoms with E-state index in [1.54, 1.807) is 24.7 Å². The second-order valence-corrected chi connectivity index (χ2v) is 7.46. The predicted molar refractivity (Wildman–Crippen MR) is 107 cm³/mol. The molecule has 150 valence electrons. The molecule has 0 spiro atoms. The van der Waals surface area contributed by atoms with Crippen LogP contribution in [0.15, 0.2) is 30.9 Å². The van der Waals surface area contributed by atoms with Crippen molar-refractivity contribution in [1.82, 2.24) is 20.0 Å². The third kappa shape index (κ3) is 3.93. The highest BCUT2D eigenvalue weighted by molar-refractivity contribution is 6.04. The number of hydrogen-bond donors (Lipinski definition) is 3. The van der Waals surface area contributed by atoms with Gasteiger partial charge in [0.05, 0.1) is 17.6 Å². The van der Waals surface area contributed by atoms with Crippen LogP contribution in [0, 0.1) is 19.8 Å². The Morgan fingerprint density at radius 3 is 2.64 bits per heavy atom. The lowest BCUT2D eigenvalue weighted by Crippen LogP contribution is -2.57. The third-order valence-electron chi connectivity index (χ3n) is 5.54. The average Bonchev–Trinajstić information content (AvgIpc) is 3.17. The number of primary amides is 1. The van der Waals surface area contributed by atoms with Crippen molar-refractivity contribution in [3.05, 3.63) is 47.5 Å². The van der Waals surface area contributed by atoms with Crippen molar-refractivity contribution in [1.29, 1.82) is 0 Å². The van der Waals surface area contributed by atoms with Gasteiger partial charge in [0.1, 0.15) is 12.2 Å². The van der Waals surface area contributed by atoms with E-state index in [9.17, 15) is 9.59 Å². The topological polar surface area (TPSA) is 105 Å². The molecule has 2 heterocycles. The quantitative estimate of drug-likeness (QED) is 0.731. The van der Waals surface area contributed by atoms with E-state index in [1.807, 2.05) is 36.7 Å². The van der Waals surface area contributed by atoms with E-state index in [1.165, 1.54) is 0 Å². The van der Waals surface area contributed by atoms with Gasteiger partial charge in [-0.3, -0.25) is 9.59 Å². The third-order valence-corrected chi connectivity index (χ3v) is 5.54. The number of nitrogens with one attached hydrogen (secondary N) is 2. The minimum absolute atomic E-state index is 0.0827. The second kappa shape index (κ2) is 8.12. The van der Waals surface area contributed by atoms with Gasteiger partial charge in [0.2, 0.25) is 5.91 Å². The summed E-state index contributed by atoms with van der Waals surface area (Å²) in [7, 11) is 1.93. The number of carbonyl (C=O) groups is 2. The maximum atomic E-state index is 13.0. The molecule has 1 aromatic heterocycles. The van der Waals surface area contributed by atoms with E-state index in [0.717, 1.165) is 17.5 Å². The molecule has 1 fully saturated rings. The number of aromatic nitrogens is 2. The molecule has 0 saturated carbocycles. The van der Waals surface area contributed by atoms with Crippen LogP contribution in [0.5, 0.6) is 0 Å². The number of aryl methyl sites for hydroxylation is 2. The van der Waals surface area contributed by atoms with E-state index < -0.39 is 11.9 Å². The molecule has 0 bridgehead atoms. The number of hydrogen-bond acceptors (Lipinski definition) is 5. The van der Waals surface area contributed by atoms with Gasteiger partial charge in [-0.15, -0.1) is 0 Å². The lowest BCUT2D eigenvalue weighted by molar-refractivity contribution is -0.124. The van der Waals surface area contributed by atoms with E-state index in [0.29, 0.717) is 17.7 Å². The number of carbonyl (C=O) groups excluding carboxylic acids is 2. The van der Waals surface area contributed by atoms with Crippen LogP contribution in [0.3, 0.4) is 0 Å². The first-order chi connectivity index (χ1) is 13.3. The first kappa shape index (κ1) is 20.0. The Labute approximate surface area is 165 Å². The van der Waals surface area contributed by atoms with Crippen molar-refractivity contribution in [2.75, 3.05) is 12.4 Å². The molecule has 3 atom stereocenters. The molecule has 1 aromatic carbocycles. The summed E-state index contributed by atoms with van der Waals surface area (Å²) >= 11 is 0. The summed E-state index contributed by atoms with van der Waals surface area (Å²) in [5, 5.41) is 4.85. The van der Waals surface area contributed by atoms with Crippen LogP contribution in [-0.4, -0.2) is 39.5 Å². The number of amides is 2. The molecular weight excluding hydrogens is 356 g/mol. The number of hydrazine groups is 1. The first-order valence-electron chi connectivity index (χ1n) is 9.50. The molecule has 2 aromatic rings. The average molecular weight is 384 g/mol. The number of benzene rings is 1. The van der Waals surface area contributed by atoms with Gasteiger partial charge in [0.15, 0.2) is 0 Å². The summed E-state index contributed by atoms with van der Waals surface area (Å²) in [6.07, 6.45) is 7.16. The monoisotopic (exact) mass is 384 g/mol. The molecule has 1 aliphatic heterocycles. The Balaban J connectivity index is 1.79. The van der Waals surface area contributed by atoms with Crippen molar-refractivity contribution < 1.29 is 9.59 Å². The highest BCUT2D eigenvalue weighted by atomic mass is 16.2. The second-order valence-electron chi connectivity index (χ2n) is 7.46. The minimum atomic E-state index is -0.557. The Morgan fingerprint density at radius 2 is 2.04 bits per heavy atom. The molecule has 8 nitrogen and oxygen atoms in total. The van der Waals surface area contributed by atoms with Crippen LogP contribution in [0.1, 0.15) is 47.4 Å². The minimum Gasteiger partial charge on any atom is -0.366 e. The highest BCUT2D eigenvalue weighted by Gasteiger charge is 2.37. The van der Waals surface area contributed by atoms with Gasteiger partial charge < -0.3 is 15.6 Å². The number of nitrogens with zero attached hydrogens (tertiary/aromatic N) is 3. The predicted octanol–water partition coefficient (Wildman–Crippen LogP) is 1.97. The fraction of sp³-hybridized carbons (Fsp3) is 0.450. The van der Waals surface area contributed by atoms with Crippen molar-refractivity contribution in [3.8, 4) is 0 Å². The van der Waals surface area contributed by atoms with Crippen LogP contribution in [0.25, 0.3) is 0 Å². The molecule has 2 amide bonds. The zero-order valence-corrected chi connectivity index (χ0v) is 16.8. The van der Waals surface area contributed by atoms with Crippen LogP contribution in [0.2, 0.25) is 0 Å². The van der Waals surface area contributed by atoms with Crippen molar-refractivity contribution >= 4 is 17.5 Å². The normalized spacial score (nSPS) is 22.8. The standard InChI is InChI=1S/C20H28N6O2/c1-5-14-10-17(24-25(4)20(14)26-7-6-22-11-26)19(28)23-16-9-13(3)12(2)8-15(16)18(21)27/h6-9,11,14,17,20,24H,5,10H2,1-4H3,(H2,21,27)(H,23,28). The summed E-state index contributed by atoms with van der Waals surface area (Å²) in [6, 6.07) is 3.11. The van der Waals surface area contributed by atoms with E-state index in [2.05, 4.69) is 22.7 Å². The lowest BCUT2D eigenvalue weighted by Gasteiger charge is -2.43. The Hall–Kier alpha value is -2.71. The van der Waals surface area contributed by atoms with Gasteiger partial charge in [-0.05, 0) is 55.9 Å². The van der Waals surface area contributed by atoms with Crippen LogP contribution in [0.4, 0.5) is 5.69 Å². The SMILES string of the molecule is CCC1CC(C(=O)Nc2cc(C)c(C)cc2C(N)=O)NN(C)C1n1ccnc1. The molecule has 1 saturated heterocycles. The smallest absolute Gasteiger partial charge is 0.250 e. The van der Waals surface area contributed by atoms with Crippen molar-refractivity contribution in [2.24, 2.45) is 11.7 Å². The Kier molecular flexibility index (Phi) is 5.81. The van der Waals surface area contributed by atoms with Crippen LogP contribution >= 0.6 is 0 Å². The van der Waals surface area contributed by atoms with Gasteiger partial charge in [-0.25, -0.2) is 15.4 Å². The van der Waals surface area contributed by atoms with Crippen LogP contribution < -0.4 is 16.5 Å². The van der Waals surface area contributed by atoms with E-state index in [-0.39, 0.29) is 18.0 Å². The number of nitrogens with two attached hydrogens (primary N) is 1. The van der Waals surface area contributed by atoms with Crippen LogP contribution in [-0.2, 0) is 4.79 Å². The zero-order valence-electron chi connectivity index (χ0n) is 16.8. The molecule has 8 heteroatoms. The fourth-order valence-corrected chi connectivity index (χ4v) is 3.87. The van der Waals surface area contributed by atoms with Gasteiger partial charge >= 0.3 is 0 Å². The molecule has 3 rings (SSSR count). The van der Waals surface area contributed by atoms with Gasteiger partial charge in [-0.2, -0.15) is 0 Å². The first-order valence-corrected chi connectivity index (χ1v) is 9.50. The molecule has 3 unspecified atom stereocenters. The molecule has 0 radical (unpaired) electrons. The van der Waals surface area contributed by atoms with E-state index in [4.69, 9.17) is 5.73 Å². The van der Waals surface area contributed by atoms with Gasteiger partial charge in [0, 0.05) is 19.4 Å². The Bertz CT molecular complexity index is 864. The van der Waals surface area contributed by atoms with Gasteiger partial charge in [-0.1, -0.05) is 6.92 Å². The summed E-state index contributed by atoms with van der Waals surface area (Å²) in [5.74, 6) is -0.467. The number of rotatable bonds is 5. The van der Waals surface area contributed by atoms with Crippen molar-refractivity contribution in [2.45, 2.75) is 45.8 Å². The summed E-state index contributed by atoms with van der Waals surface area (Å²) < 4.78 is 2.05. The Morgan fingerprint density at radius 1 is 1.32 bits per heavy atom. The zero-order chi connectivity index (χ0) is 20.4.